The molecule has 3 rings (SSSR count). The molecule has 0 saturated carbocycles. The number of amides is 1. The standard InChI is InChI=1S/C19H28N2O3/c1-14-5-7-17(8-6-14)24-19(2,3)18(22)21-10-15-9-20(4)16(11-21)13-23-12-15/h5-8,15-16H,9-13H2,1-4H3/t15-,16+/m1/s1. The number of hydrogen-bond donors (Lipinski definition) is 0. The maximum Gasteiger partial charge on any atom is 0.266 e. The van der Waals surface area contributed by atoms with Crippen LogP contribution in [0.2, 0.25) is 0 Å². The van der Waals surface area contributed by atoms with Crippen LogP contribution in [0, 0.1) is 12.8 Å². The van der Waals surface area contributed by atoms with Crippen LogP contribution < -0.4 is 4.74 Å². The van der Waals surface area contributed by atoms with Crippen LogP contribution >= 0.6 is 0 Å². The number of carbonyl (C=O) groups is 1. The lowest BCUT2D eigenvalue weighted by atomic mass is 10.0. The SMILES string of the molecule is Cc1ccc(OC(C)(C)C(=O)N2C[C@@H]3COC[C@H](C2)N(C)C3)cc1. The van der Waals surface area contributed by atoms with E-state index >= 15 is 0 Å². The Morgan fingerprint density at radius 3 is 2.58 bits per heavy atom. The summed E-state index contributed by atoms with van der Waals surface area (Å²) in [6.45, 7) is 9.58. The lowest BCUT2D eigenvalue weighted by Gasteiger charge is -2.35. The summed E-state index contributed by atoms with van der Waals surface area (Å²) in [6, 6.07) is 8.10. The van der Waals surface area contributed by atoms with E-state index in [-0.39, 0.29) is 11.9 Å². The van der Waals surface area contributed by atoms with Crippen molar-refractivity contribution >= 4 is 5.91 Å². The first-order valence-corrected chi connectivity index (χ1v) is 8.68. The first-order chi connectivity index (χ1) is 11.3. The summed E-state index contributed by atoms with van der Waals surface area (Å²) in [7, 11) is 2.12. The predicted octanol–water partition coefficient (Wildman–Crippen LogP) is 1.94. The minimum absolute atomic E-state index is 0.0512. The van der Waals surface area contributed by atoms with Gasteiger partial charge in [-0.15, -0.1) is 0 Å². The molecular weight excluding hydrogens is 304 g/mol. The van der Waals surface area contributed by atoms with E-state index in [1.807, 2.05) is 49.9 Å². The van der Waals surface area contributed by atoms with Crippen molar-refractivity contribution < 1.29 is 14.3 Å². The molecule has 2 aliphatic rings. The van der Waals surface area contributed by atoms with Gasteiger partial charge in [-0.25, -0.2) is 0 Å². The number of rotatable bonds is 3. The molecule has 2 atom stereocenters. The molecule has 0 aliphatic carbocycles. The quantitative estimate of drug-likeness (QED) is 0.848. The Balaban J connectivity index is 1.73. The van der Waals surface area contributed by atoms with E-state index in [2.05, 4.69) is 11.9 Å². The third-order valence-electron chi connectivity index (χ3n) is 4.94. The topological polar surface area (TPSA) is 42.0 Å². The van der Waals surface area contributed by atoms with E-state index in [1.165, 1.54) is 5.56 Å². The number of ether oxygens (including phenoxy) is 2. The normalized spacial score (nSPS) is 25.2. The zero-order valence-electron chi connectivity index (χ0n) is 15.1. The fraction of sp³-hybridized carbons (Fsp3) is 0.632. The van der Waals surface area contributed by atoms with Gasteiger partial charge in [0.15, 0.2) is 5.60 Å². The van der Waals surface area contributed by atoms with Crippen LogP contribution in [0.5, 0.6) is 5.75 Å². The highest BCUT2D eigenvalue weighted by molar-refractivity contribution is 5.85. The van der Waals surface area contributed by atoms with Gasteiger partial charge in [-0.1, -0.05) is 17.7 Å². The molecular formula is C19H28N2O3. The Bertz CT molecular complexity index is 585. The zero-order chi connectivity index (χ0) is 17.3. The summed E-state index contributed by atoms with van der Waals surface area (Å²) < 4.78 is 11.8. The third kappa shape index (κ3) is 3.73. The molecule has 0 N–H and O–H groups in total. The maximum atomic E-state index is 13.1. The van der Waals surface area contributed by atoms with Crippen molar-refractivity contribution in [2.75, 3.05) is 39.9 Å². The number of aryl methyl sites for hydroxylation is 1. The van der Waals surface area contributed by atoms with Crippen LogP contribution in [0.4, 0.5) is 0 Å². The van der Waals surface area contributed by atoms with Gasteiger partial charge >= 0.3 is 0 Å². The van der Waals surface area contributed by atoms with Gasteiger partial charge in [0, 0.05) is 25.6 Å². The molecule has 2 fully saturated rings. The highest BCUT2D eigenvalue weighted by Gasteiger charge is 2.39. The van der Waals surface area contributed by atoms with E-state index in [4.69, 9.17) is 9.47 Å². The second-order valence-electron chi connectivity index (χ2n) is 7.63. The van der Waals surface area contributed by atoms with Crippen molar-refractivity contribution in [3.63, 3.8) is 0 Å². The van der Waals surface area contributed by atoms with Gasteiger partial charge in [-0.3, -0.25) is 9.69 Å². The molecule has 1 amide bonds. The molecule has 0 spiro atoms. The number of hydrogen-bond acceptors (Lipinski definition) is 4. The van der Waals surface area contributed by atoms with Gasteiger partial charge in [0.1, 0.15) is 5.75 Å². The molecule has 5 nitrogen and oxygen atoms in total. The maximum absolute atomic E-state index is 13.1. The van der Waals surface area contributed by atoms with Crippen LogP contribution in [0.15, 0.2) is 24.3 Å². The van der Waals surface area contributed by atoms with Crippen molar-refractivity contribution in [1.82, 2.24) is 9.80 Å². The lowest BCUT2D eigenvalue weighted by Crippen LogP contribution is -2.53. The summed E-state index contributed by atoms with van der Waals surface area (Å²) >= 11 is 0. The first kappa shape index (κ1) is 17.2. The van der Waals surface area contributed by atoms with Crippen molar-refractivity contribution in [2.45, 2.75) is 32.4 Å². The highest BCUT2D eigenvalue weighted by Crippen LogP contribution is 2.24. The average molecular weight is 332 g/mol. The summed E-state index contributed by atoms with van der Waals surface area (Å²) in [6.07, 6.45) is 0. The molecule has 5 heteroatoms. The van der Waals surface area contributed by atoms with Gasteiger partial charge < -0.3 is 14.4 Å². The molecule has 2 saturated heterocycles. The zero-order valence-corrected chi connectivity index (χ0v) is 15.1. The predicted molar refractivity (Wildman–Crippen MR) is 93.2 cm³/mol. The summed E-state index contributed by atoms with van der Waals surface area (Å²) in [5, 5.41) is 0. The molecule has 1 aromatic rings. The van der Waals surface area contributed by atoms with Gasteiger partial charge in [0.2, 0.25) is 0 Å². The fourth-order valence-electron chi connectivity index (χ4n) is 3.54. The number of carbonyl (C=O) groups excluding carboxylic acids is 1. The van der Waals surface area contributed by atoms with E-state index in [1.54, 1.807) is 0 Å². The first-order valence-electron chi connectivity index (χ1n) is 8.68. The van der Waals surface area contributed by atoms with E-state index in [0.717, 1.165) is 25.4 Å². The molecule has 24 heavy (non-hydrogen) atoms. The van der Waals surface area contributed by atoms with Crippen molar-refractivity contribution in [3.05, 3.63) is 29.8 Å². The average Bonchev–Trinajstić information content (AvgIpc) is 2.77. The monoisotopic (exact) mass is 332 g/mol. The van der Waals surface area contributed by atoms with Crippen LogP contribution in [-0.2, 0) is 9.53 Å². The molecule has 2 bridgehead atoms. The molecule has 132 valence electrons. The second kappa shape index (κ2) is 6.73. The van der Waals surface area contributed by atoms with E-state index in [0.29, 0.717) is 19.1 Å². The highest BCUT2D eigenvalue weighted by atomic mass is 16.5. The van der Waals surface area contributed by atoms with Gasteiger partial charge in [0.05, 0.1) is 19.3 Å². The Kier molecular flexibility index (Phi) is 4.83. The Morgan fingerprint density at radius 1 is 1.17 bits per heavy atom. The Hall–Kier alpha value is -1.59. The molecule has 0 aromatic heterocycles. The van der Waals surface area contributed by atoms with Crippen molar-refractivity contribution in [3.8, 4) is 5.75 Å². The van der Waals surface area contributed by atoms with Gasteiger partial charge in [-0.2, -0.15) is 0 Å². The molecule has 1 aromatic carbocycles. The third-order valence-corrected chi connectivity index (χ3v) is 4.94. The number of nitrogens with zero attached hydrogens (tertiary/aromatic N) is 2. The Labute approximate surface area is 144 Å². The van der Waals surface area contributed by atoms with Crippen LogP contribution in [0.25, 0.3) is 0 Å². The number of fused-ring (bicyclic) bond motifs is 3. The van der Waals surface area contributed by atoms with Crippen LogP contribution in [0.3, 0.4) is 0 Å². The molecule has 0 radical (unpaired) electrons. The molecule has 2 heterocycles. The summed E-state index contributed by atoms with van der Waals surface area (Å²) in [5.41, 5.74) is 0.294. The Morgan fingerprint density at radius 2 is 1.88 bits per heavy atom. The van der Waals surface area contributed by atoms with Crippen molar-refractivity contribution in [1.29, 1.82) is 0 Å². The van der Waals surface area contributed by atoms with E-state index in [9.17, 15) is 4.79 Å². The van der Waals surface area contributed by atoms with Crippen LogP contribution in [0.1, 0.15) is 19.4 Å². The van der Waals surface area contributed by atoms with Gasteiger partial charge in [0.25, 0.3) is 5.91 Å². The number of likely N-dealkylation sites (N-methyl/N-ethyl adjacent to an activating group) is 1. The van der Waals surface area contributed by atoms with Gasteiger partial charge in [-0.05, 0) is 40.0 Å². The summed E-state index contributed by atoms with van der Waals surface area (Å²) in [5.74, 6) is 1.14. The molecule has 0 unspecified atom stereocenters. The second-order valence-corrected chi connectivity index (χ2v) is 7.63. The molecule has 2 aliphatic heterocycles. The largest absolute Gasteiger partial charge is 0.478 e. The summed E-state index contributed by atoms with van der Waals surface area (Å²) in [4.78, 5) is 17.4. The van der Waals surface area contributed by atoms with E-state index < -0.39 is 5.60 Å². The van der Waals surface area contributed by atoms with Crippen LogP contribution in [-0.4, -0.2) is 67.2 Å². The fourth-order valence-corrected chi connectivity index (χ4v) is 3.54. The number of benzene rings is 1. The van der Waals surface area contributed by atoms with Crippen molar-refractivity contribution in [2.24, 2.45) is 5.92 Å². The smallest absolute Gasteiger partial charge is 0.266 e. The minimum atomic E-state index is -0.882. The lowest BCUT2D eigenvalue weighted by molar-refractivity contribution is -0.147. The minimum Gasteiger partial charge on any atom is -0.478 e.